The lowest BCUT2D eigenvalue weighted by Crippen LogP contribution is -2.20. The predicted molar refractivity (Wildman–Crippen MR) is 64.9 cm³/mol. The van der Waals surface area contributed by atoms with Gasteiger partial charge in [0.1, 0.15) is 5.75 Å². The van der Waals surface area contributed by atoms with Crippen LogP contribution >= 0.6 is 0 Å². The molecule has 0 fully saturated rings. The number of nitrogens with one attached hydrogen (secondary N) is 1. The smallest absolute Gasteiger partial charge is 0.303 e. The van der Waals surface area contributed by atoms with E-state index < -0.39 is 18.5 Å². The molecule has 1 N–H and O–H groups in total. The molecule has 1 amide bonds. The highest BCUT2D eigenvalue weighted by molar-refractivity contribution is 5.94. The number of benzene rings is 1. The van der Waals surface area contributed by atoms with Gasteiger partial charge >= 0.3 is 5.97 Å². The zero-order chi connectivity index (χ0) is 14.3. The highest BCUT2D eigenvalue weighted by Gasteiger charge is 2.10. The van der Waals surface area contributed by atoms with Gasteiger partial charge in [-0.25, -0.2) is 0 Å². The van der Waals surface area contributed by atoms with E-state index in [1.807, 2.05) is 0 Å². The van der Waals surface area contributed by atoms with E-state index >= 15 is 0 Å². The summed E-state index contributed by atoms with van der Waals surface area (Å²) < 4.78 is 14.2. The first-order chi connectivity index (χ1) is 9.06. The standard InChI is InChI=1S/C12H13NO6/c1-8(15)18-6-12(16)13-10-4-3-9(17-2)5-11(10)19-7-14/h3-5,7H,6H2,1-2H3,(H,13,16). The van der Waals surface area contributed by atoms with Crippen LogP contribution in [0.15, 0.2) is 18.2 Å². The van der Waals surface area contributed by atoms with E-state index in [0.717, 1.165) is 0 Å². The number of hydrogen-bond donors (Lipinski definition) is 1. The maximum atomic E-state index is 11.5. The third kappa shape index (κ3) is 4.66. The van der Waals surface area contributed by atoms with Crippen molar-refractivity contribution in [1.82, 2.24) is 0 Å². The van der Waals surface area contributed by atoms with Crippen LogP contribution in [0.1, 0.15) is 6.92 Å². The maximum absolute atomic E-state index is 11.5. The average Bonchev–Trinajstić information content (AvgIpc) is 2.38. The third-order valence-corrected chi connectivity index (χ3v) is 2.04. The van der Waals surface area contributed by atoms with Gasteiger partial charge in [0, 0.05) is 13.0 Å². The SMILES string of the molecule is COc1ccc(NC(=O)COC(C)=O)c(OC=O)c1. The van der Waals surface area contributed by atoms with Crippen molar-refractivity contribution in [3.8, 4) is 11.5 Å². The van der Waals surface area contributed by atoms with E-state index in [0.29, 0.717) is 5.75 Å². The molecule has 0 unspecified atom stereocenters. The van der Waals surface area contributed by atoms with Crippen molar-refractivity contribution in [3.05, 3.63) is 18.2 Å². The Kier molecular flexibility index (Phi) is 5.34. The van der Waals surface area contributed by atoms with E-state index in [9.17, 15) is 14.4 Å². The van der Waals surface area contributed by atoms with E-state index in [1.54, 1.807) is 6.07 Å². The Balaban J connectivity index is 2.78. The zero-order valence-corrected chi connectivity index (χ0v) is 10.5. The molecule has 0 radical (unpaired) electrons. The first-order valence-corrected chi connectivity index (χ1v) is 5.28. The molecule has 0 aliphatic carbocycles. The first-order valence-electron chi connectivity index (χ1n) is 5.28. The Morgan fingerprint density at radius 1 is 1.37 bits per heavy atom. The molecule has 7 heteroatoms. The van der Waals surface area contributed by atoms with E-state index in [-0.39, 0.29) is 17.9 Å². The second-order valence-electron chi connectivity index (χ2n) is 3.40. The number of carbonyl (C=O) groups excluding carboxylic acids is 3. The fraction of sp³-hybridized carbons (Fsp3) is 0.250. The molecule has 0 spiro atoms. The molecule has 1 aromatic carbocycles. The van der Waals surface area contributed by atoms with Gasteiger partial charge in [-0.15, -0.1) is 0 Å². The first kappa shape index (κ1) is 14.5. The van der Waals surface area contributed by atoms with Gasteiger partial charge in [-0.2, -0.15) is 0 Å². The molecule has 0 aliphatic heterocycles. The molecule has 0 aromatic heterocycles. The molecule has 102 valence electrons. The molecule has 0 heterocycles. The van der Waals surface area contributed by atoms with Crippen molar-refractivity contribution in [2.24, 2.45) is 0 Å². The summed E-state index contributed by atoms with van der Waals surface area (Å²) in [5.41, 5.74) is 0.269. The molecule has 19 heavy (non-hydrogen) atoms. The van der Waals surface area contributed by atoms with Crippen molar-refractivity contribution in [2.45, 2.75) is 6.92 Å². The van der Waals surface area contributed by atoms with E-state index in [1.165, 1.54) is 26.2 Å². The van der Waals surface area contributed by atoms with Crippen LogP contribution in [0.25, 0.3) is 0 Å². The number of carbonyl (C=O) groups is 3. The summed E-state index contributed by atoms with van der Waals surface area (Å²) in [6.07, 6.45) is 0. The Hall–Kier alpha value is -2.57. The summed E-state index contributed by atoms with van der Waals surface area (Å²) in [7, 11) is 1.46. The normalized spacial score (nSPS) is 9.37. The van der Waals surface area contributed by atoms with Crippen LogP contribution in [-0.2, 0) is 19.1 Å². The number of hydrogen-bond acceptors (Lipinski definition) is 6. The second-order valence-corrected chi connectivity index (χ2v) is 3.40. The molecule has 0 bridgehead atoms. The van der Waals surface area contributed by atoms with Crippen LogP contribution in [0.4, 0.5) is 5.69 Å². The van der Waals surface area contributed by atoms with Crippen molar-refractivity contribution in [1.29, 1.82) is 0 Å². The summed E-state index contributed by atoms with van der Waals surface area (Å²) in [4.78, 5) is 32.4. The largest absolute Gasteiger partial charge is 0.497 e. The van der Waals surface area contributed by atoms with Crippen LogP contribution in [0.5, 0.6) is 11.5 Å². The Bertz CT molecular complexity index is 485. The fourth-order valence-electron chi connectivity index (χ4n) is 1.24. The summed E-state index contributed by atoms with van der Waals surface area (Å²) >= 11 is 0. The number of methoxy groups -OCH3 is 1. The van der Waals surface area contributed by atoms with Crippen LogP contribution in [0, 0.1) is 0 Å². The minimum Gasteiger partial charge on any atom is -0.497 e. The minimum atomic E-state index is -0.561. The van der Waals surface area contributed by atoms with E-state index in [2.05, 4.69) is 10.1 Å². The summed E-state index contributed by atoms with van der Waals surface area (Å²) in [6.45, 7) is 1.01. The topological polar surface area (TPSA) is 90.9 Å². The third-order valence-electron chi connectivity index (χ3n) is 2.04. The highest BCUT2D eigenvalue weighted by Crippen LogP contribution is 2.28. The molecular weight excluding hydrogens is 254 g/mol. The quantitative estimate of drug-likeness (QED) is 0.603. The van der Waals surface area contributed by atoms with Gasteiger partial charge in [0.05, 0.1) is 12.8 Å². The van der Waals surface area contributed by atoms with Crippen LogP contribution in [-0.4, -0.2) is 32.1 Å². The number of esters is 1. The average molecular weight is 267 g/mol. The number of ether oxygens (including phenoxy) is 3. The van der Waals surface area contributed by atoms with Gasteiger partial charge in [0.15, 0.2) is 12.4 Å². The van der Waals surface area contributed by atoms with Gasteiger partial charge in [-0.05, 0) is 12.1 Å². The van der Waals surface area contributed by atoms with Crippen molar-refractivity contribution in [2.75, 3.05) is 19.0 Å². The molecule has 0 saturated heterocycles. The van der Waals surface area contributed by atoms with Crippen molar-refractivity contribution in [3.63, 3.8) is 0 Å². The maximum Gasteiger partial charge on any atom is 0.303 e. The highest BCUT2D eigenvalue weighted by atomic mass is 16.5. The molecule has 1 aromatic rings. The lowest BCUT2D eigenvalue weighted by atomic mass is 10.2. The molecular formula is C12H13NO6. The van der Waals surface area contributed by atoms with Gasteiger partial charge in [0.2, 0.25) is 0 Å². The Labute approximate surface area is 109 Å². The van der Waals surface area contributed by atoms with Crippen molar-refractivity contribution < 1.29 is 28.6 Å². The summed E-state index contributed by atoms with van der Waals surface area (Å²) in [5, 5.41) is 2.45. The van der Waals surface area contributed by atoms with Crippen LogP contribution < -0.4 is 14.8 Å². The number of anilines is 1. The molecule has 0 aliphatic rings. The lowest BCUT2D eigenvalue weighted by Gasteiger charge is -2.10. The minimum absolute atomic E-state index is 0.130. The van der Waals surface area contributed by atoms with E-state index in [4.69, 9.17) is 9.47 Å². The van der Waals surface area contributed by atoms with Crippen molar-refractivity contribution >= 4 is 24.0 Å². The second kappa shape index (κ2) is 7.00. The molecule has 7 nitrogen and oxygen atoms in total. The van der Waals surface area contributed by atoms with Gasteiger partial charge in [-0.1, -0.05) is 0 Å². The fourth-order valence-corrected chi connectivity index (χ4v) is 1.24. The van der Waals surface area contributed by atoms with Gasteiger partial charge in [0.25, 0.3) is 12.4 Å². The number of amides is 1. The Morgan fingerprint density at radius 3 is 2.68 bits per heavy atom. The number of rotatable bonds is 6. The van der Waals surface area contributed by atoms with Crippen LogP contribution in [0.2, 0.25) is 0 Å². The Morgan fingerprint density at radius 2 is 2.11 bits per heavy atom. The molecule has 0 saturated carbocycles. The molecule has 1 rings (SSSR count). The molecule has 0 atom stereocenters. The summed E-state index contributed by atoms with van der Waals surface area (Å²) in [6, 6.07) is 4.53. The van der Waals surface area contributed by atoms with Crippen LogP contribution in [0.3, 0.4) is 0 Å². The zero-order valence-electron chi connectivity index (χ0n) is 10.5. The monoisotopic (exact) mass is 267 g/mol. The predicted octanol–water partition coefficient (Wildman–Crippen LogP) is 0.732. The van der Waals surface area contributed by atoms with Gasteiger partial charge in [-0.3, -0.25) is 14.4 Å². The van der Waals surface area contributed by atoms with Gasteiger partial charge < -0.3 is 19.5 Å². The lowest BCUT2D eigenvalue weighted by molar-refractivity contribution is -0.144. The summed E-state index contributed by atoms with van der Waals surface area (Å²) in [5.74, 6) is -0.509.